The molecule has 1 N–H and O–H groups in total. The van der Waals surface area contributed by atoms with Gasteiger partial charge in [0.05, 0.1) is 0 Å². The fraction of sp³-hybridized carbons (Fsp3) is 0.500. The van der Waals surface area contributed by atoms with Crippen LogP contribution in [-0.2, 0) is 14.3 Å². The SMILES string of the molecule is CSCCN1C(=O)c2ccccc2C1C(=O)NCC(=O)OC(C)(C)C. The molecule has 1 heterocycles. The van der Waals surface area contributed by atoms with E-state index in [-0.39, 0.29) is 18.4 Å². The summed E-state index contributed by atoms with van der Waals surface area (Å²) in [4.78, 5) is 38.6. The molecule has 0 radical (unpaired) electrons. The van der Waals surface area contributed by atoms with Crippen LogP contribution in [0, 0.1) is 0 Å². The molecule has 7 heteroatoms. The van der Waals surface area contributed by atoms with Gasteiger partial charge in [0.15, 0.2) is 0 Å². The van der Waals surface area contributed by atoms with Gasteiger partial charge in [-0.05, 0) is 38.7 Å². The Morgan fingerprint density at radius 2 is 1.96 bits per heavy atom. The molecule has 1 aromatic rings. The van der Waals surface area contributed by atoms with Gasteiger partial charge in [0, 0.05) is 17.9 Å². The number of ether oxygens (including phenoxy) is 1. The molecule has 0 fully saturated rings. The van der Waals surface area contributed by atoms with Crippen molar-refractivity contribution in [1.29, 1.82) is 0 Å². The first-order valence-corrected chi connectivity index (χ1v) is 9.52. The fourth-order valence-corrected chi connectivity index (χ4v) is 3.09. The first-order chi connectivity index (χ1) is 11.7. The monoisotopic (exact) mass is 364 g/mol. The van der Waals surface area contributed by atoms with E-state index in [4.69, 9.17) is 4.74 Å². The number of benzene rings is 1. The second-order valence-corrected chi connectivity index (χ2v) is 7.77. The summed E-state index contributed by atoms with van der Waals surface area (Å²) in [5.74, 6) is -0.295. The predicted octanol–water partition coefficient (Wildman–Crippen LogP) is 2.00. The van der Waals surface area contributed by atoms with E-state index in [0.717, 1.165) is 5.75 Å². The lowest BCUT2D eigenvalue weighted by Crippen LogP contribution is -2.42. The van der Waals surface area contributed by atoms with Crippen molar-refractivity contribution in [3.63, 3.8) is 0 Å². The Kier molecular flexibility index (Phi) is 6.11. The Bertz CT molecular complexity index is 669. The molecule has 0 spiro atoms. The Balaban J connectivity index is 2.12. The lowest BCUT2D eigenvalue weighted by Gasteiger charge is -2.25. The van der Waals surface area contributed by atoms with Crippen LogP contribution in [0.5, 0.6) is 0 Å². The minimum absolute atomic E-state index is 0.151. The molecular formula is C18H24N2O4S. The number of hydrogen-bond donors (Lipinski definition) is 1. The molecule has 0 bridgehead atoms. The summed E-state index contributed by atoms with van der Waals surface area (Å²) >= 11 is 1.61. The smallest absolute Gasteiger partial charge is 0.325 e. The Morgan fingerprint density at radius 1 is 1.28 bits per heavy atom. The summed E-state index contributed by atoms with van der Waals surface area (Å²) in [5.41, 5.74) is 0.610. The van der Waals surface area contributed by atoms with Gasteiger partial charge in [-0.25, -0.2) is 0 Å². The third-order valence-corrected chi connectivity index (χ3v) is 4.26. The van der Waals surface area contributed by atoms with Crippen LogP contribution >= 0.6 is 11.8 Å². The zero-order chi connectivity index (χ0) is 18.6. The van der Waals surface area contributed by atoms with E-state index in [1.165, 1.54) is 0 Å². The minimum atomic E-state index is -0.710. The quantitative estimate of drug-likeness (QED) is 0.782. The van der Waals surface area contributed by atoms with Crippen LogP contribution in [-0.4, -0.2) is 53.4 Å². The van der Waals surface area contributed by atoms with Crippen LogP contribution in [0.25, 0.3) is 0 Å². The summed E-state index contributed by atoms with van der Waals surface area (Å²) < 4.78 is 5.20. The van der Waals surface area contributed by atoms with Crippen molar-refractivity contribution >= 4 is 29.5 Å². The number of carbonyl (C=O) groups is 3. The zero-order valence-electron chi connectivity index (χ0n) is 15.0. The molecule has 1 aromatic carbocycles. The number of esters is 1. The molecule has 6 nitrogen and oxygen atoms in total. The van der Waals surface area contributed by atoms with Gasteiger partial charge < -0.3 is 15.0 Å². The maximum Gasteiger partial charge on any atom is 0.325 e. The van der Waals surface area contributed by atoms with Crippen LogP contribution in [0.4, 0.5) is 0 Å². The zero-order valence-corrected chi connectivity index (χ0v) is 15.8. The summed E-state index contributed by atoms with van der Waals surface area (Å²) in [6.45, 7) is 5.55. The lowest BCUT2D eigenvalue weighted by atomic mass is 10.0. The Labute approximate surface area is 152 Å². The molecule has 1 atom stereocenters. The predicted molar refractivity (Wildman–Crippen MR) is 97.5 cm³/mol. The minimum Gasteiger partial charge on any atom is -0.459 e. The van der Waals surface area contributed by atoms with E-state index in [1.807, 2.05) is 6.26 Å². The highest BCUT2D eigenvalue weighted by atomic mass is 32.2. The maximum absolute atomic E-state index is 12.7. The van der Waals surface area contributed by atoms with Crippen molar-refractivity contribution in [3.8, 4) is 0 Å². The molecule has 0 saturated carbocycles. The first-order valence-electron chi connectivity index (χ1n) is 8.13. The molecule has 2 rings (SSSR count). The number of nitrogens with one attached hydrogen (secondary N) is 1. The molecule has 136 valence electrons. The van der Waals surface area contributed by atoms with Gasteiger partial charge in [-0.1, -0.05) is 18.2 Å². The van der Waals surface area contributed by atoms with E-state index in [2.05, 4.69) is 5.32 Å². The van der Waals surface area contributed by atoms with Gasteiger partial charge >= 0.3 is 5.97 Å². The standard InChI is InChI=1S/C18H24N2O4S/c1-18(2,3)24-14(21)11-19-16(22)15-12-7-5-6-8-13(12)17(23)20(15)9-10-25-4/h5-8,15H,9-11H2,1-4H3,(H,19,22). The maximum atomic E-state index is 12.7. The van der Waals surface area contributed by atoms with Crippen molar-refractivity contribution in [2.75, 3.05) is 25.1 Å². The molecule has 25 heavy (non-hydrogen) atoms. The Hall–Kier alpha value is -2.02. The first kappa shape index (κ1) is 19.3. The number of carbonyl (C=O) groups excluding carboxylic acids is 3. The second-order valence-electron chi connectivity index (χ2n) is 6.79. The summed E-state index contributed by atoms with van der Waals surface area (Å²) in [5, 5.41) is 2.60. The van der Waals surface area contributed by atoms with Crippen molar-refractivity contribution in [3.05, 3.63) is 35.4 Å². The molecule has 2 amide bonds. The summed E-state index contributed by atoms with van der Waals surface area (Å²) in [6.07, 6.45) is 1.95. The average Bonchev–Trinajstić information content (AvgIpc) is 2.82. The van der Waals surface area contributed by atoms with Crippen LogP contribution in [0.15, 0.2) is 24.3 Å². The van der Waals surface area contributed by atoms with Crippen LogP contribution in [0.2, 0.25) is 0 Å². The second kappa shape index (κ2) is 7.91. The van der Waals surface area contributed by atoms with Gasteiger partial charge in [0.25, 0.3) is 5.91 Å². The number of hydrogen-bond acceptors (Lipinski definition) is 5. The van der Waals surface area contributed by atoms with Gasteiger partial charge in [0.1, 0.15) is 18.2 Å². The van der Waals surface area contributed by atoms with Gasteiger partial charge in [0.2, 0.25) is 5.91 Å². The van der Waals surface area contributed by atoms with Gasteiger partial charge in [-0.3, -0.25) is 14.4 Å². The fourth-order valence-electron chi connectivity index (χ4n) is 2.71. The van der Waals surface area contributed by atoms with Crippen molar-refractivity contribution in [1.82, 2.24) is 10.2 Å². The van der Waals surface area contributed by atoms with Crippen molar-refractivity contribution in [2.24, 2.45) is 0 Å². The van der Waals surface area contributed by atoms with Gasteiger partial charge in [-0.15, -0.1) is 0 Å². The van der Waals surface area contributed by atoms with E-state index in [0.29, 0.717) is 17.7 Å². The van der Waals surface area contributed by atoms with Crippen LogP contribution < -0.4 is 5.32 Å². The number of nitrogens with zero attached hydrogens (tertiary/aromatic N) is 1. The number of fused-ring (bicyclic) bond motifs is 1. The van der Waals surface area contributed by atoms with E-state index >= 15 is 0 Å². The average molecular weight is 364 g/mol. The molecule has 0 aliphatic carbocycles. The molecular weight excluding hydrogens is 340 g/mol. The molecule has 0 saturated heterocycles. The Morgan fingerprint density at radius 3 is 2.60 bits per heavy atom. The topological polar surface area (TPSA) is 75.7 Å². The summed E-state index contributed by atoms with van der Waals surface area (Å²) in [6, 6.07) is 6.39. The van der Waals surface area contributed by atoms with Crippen molar-refractivity contribution < 1.29 is 19.1 Å². The number of rotatable bonds is 6. The molecule has 0 aromatic heterocycles. The van der Waals surface area contributed by atoms with E-state index < -0.39 is 17.6 Å². The highest BCUT2D eigenvalue weighted by molar-refractivity contribution is 7.98. The number of amides is 2. The highest BCUT2D eigenvalue weighted by Crippen LogP contribution is 2.33. The highest BCUT2D eigenvalue weighted by Gasteiger charge is 2.40. The van der Waals surface area contributed by atoms with Crippen LogP contribution in [0.1, 0.15) is 42.7 Å². The normalized spacial score (nSPS) is 16.6. The van der Waals surface area contributed by atoms with E-state index in [1.54, 1.807) is 61.7 Å². The lowest BCUT2D eigenvalue weighted by molar-refractivity contribution is -0.154. The third-order valence-electron chi connectivity index (χ3n) is 3.67. The largest absolute Gasteiger partial charge is 0.459 e. The number of thioether (sulfide) groups is 1. The van der Waals surface area contributed by atoms with Crippen molar-refractivity contribution in [2.45, 2.75) is 32.4 Å². The third kappa shape index (κ3) is 4.75. The summed E-state index contributed by atoms with van der Waals surface area (Å²) in [7, 11) is 0. The molecule has 1 aliphatic heterocycles. The molecule has 1 aliphatic rings. The molecule has 1 unspecified atom stereocenters. The van der Waals surface area contributed by atoms with Crippen LogP contribution in [0.3, 0.4) is 0 Å². The van der Waals surface area contributed by atoms with E-state index in [9.17, 15) is 14.4 Å². The van der Waals surface area contributed by atoms with Gasteiger partial charge in [-0.2, -0.15) is 11.8 Å².